The Kier molecular flexibility index (Phi) is 10.1. The van der Waals surface area contributed by atoms with Crippen LogP contribution in [0.3, 0.4) is 0 Å². The third-order valence-corrected chi connectivity index (χ3v) is 5.67. The summed E-state index contributed by atoms with van der Waals surface area (Å²) in [6, 6.07) is 4.21. The molecule has 0 aromatic carbocycles. The summed E-state index contributed by atoms with van der Waals surface area (Å²) in [4.78, 5) is 19.7. The van der Waals surface area contributed by atoms with Gasteiger partial charge in [-0.1, -0.05) is 0 Å². The predicted octanol–water partition coefficient (Wildman–Crippen LogP) is 2.51. The van der Waals surface area contributed by atoms with Crippen LogP contribution in [0.2, 0.25) is 0 Å². The minimum absolute atomic E-state index is 0. The summed E-state index contributed by atoms with van der Waals surface area (Å²) in [7, 11) is 2.17. The van der Waals surface area contributed by atoms with E-state index in [1.807, 2.05) is 18.5 Å². The van der Waals surface area contributed by atoms with E-state index in [4.69, 9.17) is 4.99 Å². The summed E-state index contributed by atoms with van der Waals surface area (Å²) < 4.78 is 0. The van der Waals surface area contributed by atoms with E-state index >= 15 is 0 Å². The number of nitrogens with one attached hydrogen (secondary N) is 2. The number of aromatic nitrogens is 2. The van der Waals surface area contributed by atoms with Gasteiger partial charge in [-0.15, -0.1) is 35.3 Å². The first kappa shape index (κ1) is 23.8. The van der Waals surface area contributed by atoms with Crippen molar-refractivity contribution in [2.45, 2.75) is 26.8 Å². The molecule has 3 rings (SSSR count). The molecule has 1 fully saturated rings. The zero-order valence-electron chi connectivity index (χ0n) is 17.5. The molecule has 1 saturated heterocycles. The summed E-state index contributed by atoms with van der Waals surface area (Å²) in [5.74, 6) is 1.90. The molecular weight excluding hydrogens is 497 g/mol. The minimum Gasteiger partial charge on any atom is -0.357 e. The molecule has 29 heavy (non-hydrogen) atoms. The van der Waals surface area contributed by atoms with Crippen molar-refractivity contribution in [3.63, 3.8) is 0 Å². The SMILES string of the molecule is CCNC(=NCc1ccnc(N2CCN(C)CC2)c1)NCCc1ncc(C)s1.I. The van der Waals surface area contributed by atoms with E-state index in [2.05, 4.69) is 57.4 Å². The Labute approximate surface area is 195 Å². The maximum absolute atomic E-state index is 4.74. The molecule has 0 bridgehead atoms. The van der Waals surface area contributed by atoms with Gasteiger partial charge in [-0.05, 0) is 38.6 Å². The molecule has 1 aliphatic rings. The first-order valence-electron chi connectivity index (χ1n) is 9.96. The van der Waals surface area contributed by atoms with Gasteiger partial charge in [-0.3, -0.25) is 0 Å². The van der Waals surface area contributed by atoms with Crippen LogP contribution in [0.25, 0.3) is 0 Å². The second-order valence-corrected chi connectivity index (χ2v) is 8.37. The first-order valence-corrected chi connectivity index (χ1v) is 10.8. The fraction of sp³-hybridized carbons (Fsp3) is 0.550. The molecule has 0 saturated carbocycles. The van der Waals surface area contributed by atoms with Crippen LogP contribution in [0.15, 0.2) is 29.5 Å². The van der Waals surface area contributed by atoms with Gasteiger partial charge in [0, 0.05) is 63.0 Å². The molecule has 7 nitrogen and oxygen atoms in total. The Morgan fingerprint density at radius 1 is 1.21 bits per heavy atom. The van der Waals surface area contributed by atoms with Crippen molar-refractivity contribution in [2.24, 2.45) is 4.99 Å². The van der Waals surface area contributed by atoms with Crippen LogP contribution >= 0.6 is 35.3 Å². The van der Waals surface area contributed by atoms with Crippen LogP contribution in [-0.2, 0) is 13.0 Å². The number of thiazole rings is 1. The van der Waals surface area contributed by atoms with Crippen LogP contribution in [0, 0.1) is 6.92 Å². The number of aryl methyl sites for hydroxylation is 1. The van der Waals surface area contributed by atoms with Crippen LogP contribution in [0.5, 0.6) is 0 Å². The van der Waals surface area contributed by atoms with E-state index in [9.17, 15) is 0 Å². The number of anilines is 1. The van der Waals surface area contributed by atoms with Crippen molar-refractivity contribution in [2.75, 3.05) is 51.2 Å². The maximum Gasteiger partial charge on any atom is 0.191 e. The lowest BCUT2D eigenvalue weighted by Gasteiger charge is -2.33. The second-order valence-electron chi connectivity index (χ2n) is 7.05. The highest BCUT2D eigenvalue weighted by Gasteiger charge is 2.15. The number of hydrogen-bond acceptors (Lipinski definition) is 6. The molecule has 1 aliphatic heterocycles. The third kappa shape index (κ3) is 7.71. The summed E-state index contributed by atoms with van der Waals surface area (Å²) in [5, 5.41) is 7.88. The highest BCUT2D eigenvalue weighted by atomic mass is 127. The second kappa shape index (κ2) is 12.3. The van der Waals surface area contributed by atoms with Crippen LogP contribution in [0.4, 0.5) is 5.82 Å². The molecule has 0 spiro atoms. The number of rotatable bonds is 7. The Morgan fingerprint density at radius 2 is 2.00 bits per heavy atom. The lowest BCUT2D eigenvalue weighted by molar-refractivity contribution is 0.312. The molecule has 3 heterocycles. The van der Waals surface area contributed by atoms with E-state index in [-0.39, 0.29) is 24.0 Å². The summed E-state index contributed by atoms with van der Waals surface area (Å²) in [6.45, 7) is 10.7. The van der Waals surface area contributed by atoms with Gasteiger partial charge in [0.05, 0.1) is 11.6 Å². The number of hydrogen-bond donors (Lipinski definition) is 2. The van der Waals surface area contributed by atoms with E-state index in [1.165, 1.54) is 10.4 Å². The number of likely N-dealkylation sites (N-methyl/N-ethyl adjacent to an activating group) is 1. The Hall–Kier alpha value is -1.46. The molecule has 0 atom stereocenters. The van der Waals surface area contributed by atoms with Crippen molar-refractivity contribution >= 4 is 47.1 Å². The first-order chi connectivity index (χ1) is 13.6. The molecule has 2 aromatic rings. The highest BCUT2D eigenvalue weighted by Crippen LogP contribution is 2.15. The topological polar surface area (TPSA) is 68.7 Å². The maximum atomic E-state index is 4.74. The van der Waals surface area contributed by atoms with Gasteiger partial charge in [-0.25, -0.2) is 15.0 Å². The van der Waals surface area contributed by atoms with Gasteiger partial charge in [0.25, 0.3) is 0 Å². The number of halogens is 1. The molecule has 9 heteroatoms. The molecule has 2 aromatic heterocycles. The van der Waals surface area contributed by atoms with Crippen molar-refractivity contribution in [1.82, 2.24) is 25.5 Å². The van der Waals surface area contributed by atoms with Crippen LogP contribution in [0.1, 0.15) is 22.4 Å². The van der Waals surface area contributed by atoms with Gasteiger partial charge in [0.1, 0.15) is 5.82 Å². The standard InChI is InChI=1S/C20H31N7S.HI/c1-4-21-20(23-8-6-19-24-14-16(2)28-19)25-15-17-5-7-22-18(13-17)27-11-9-26(3)10-12-27;/h5,7,13-14H,4,6,8-12,15H2,1-3H3,(H2,21,23,25);1H. The van der Waals surface area contributed by atoms with Crippen LogP contribution < -0.4 is 15.5 Å². The highest BCUT2D eigenvalue weighted by molar-refractivity contribution is 14.0. The molecule has 160 valence electrons. The van der Waals surface area contributed by atoms with Gasteiger partial charge in [0.2, 0.25) is 0 Å². The largest absolute Gasteiger partial charge is 0.357 e. The predicted molar refractivity (Wildman–Crippen MR) is 133 cm³/mol. The Morgan fingerprint density at radius 3 is 2.69 bits per heavy atom. The minimum atomic E-state index is 0. The third-order valence-electron chi connectivity index (χ3n) is 4.70. The molecule has 0 unspecified atom stereocenters. The number of piperazine rings is 1. The van der Waals surface area contributed by atoms with Crippen LogP contribution in [-0.4, -0.2) is 67.1 Å². The fourth-order valence-electron chi connectivity index (χ4n) is 3.08. The van der Waals surface area contributed by atoms with E-state index in [0.29, 0.717) is 6.54 Å². The molecule has 2 N–H and O–H groups in total. The molecule has 0 amide bonds. The smallest absolute Gasteiger partial charge is 0.191 e. The van der Waals surface area contributed by atoms with Crippen molar-refractivity contribution in [3.05, 3.63) is 40.0 Å². The van der Waals surface area contributed by atoms with E-state index in [0.717, 1.165) is 62.5 Å². The van der Waals surface area contributed by atoms with Gasteiger partial charge >= 0.3 is 0 Å². The molecule has 0 aliphatic carbocycles. The number of guanidine groups is 1. The zero-order valence-corrected chi connectivity index (χ0v) is 20.7. The quantitative estimate of drug-likeness (QED) is 0.327. The lowest BCUT2D eigenvalue weighted by Crippen LogP contribution is -2.44. The number of aliphatic imine (C=N–C) groups is 1. The number of pyridine rings is 1. The van der Waals surface area contributed by atoms with E-state index in [1.54, 1.807) is 11.3 Å². The average Bonchev–Trinajstić information content (AvgIpc) is 3.12. The van der Waals surface area contributed by atoms with Crippen molar-refractivity contribution < 1.29 is 0 Å². The molecule has 0 radical (unpaired) electrons. The lowest BCUT2D eigenvalue weighted by atomic mass is 10.2. The number of nitrogens with zero attached hydrogens (tertiary/aromatic N) is 5. The Balaban J connectivity index is 0.00000300. The van der Waals surface area contributed by atoms with Crippen molar-refractivity contribution in [1.29, 1.82) is 0 Å². The van der Waals surface area contributed by atoms with Gasteiger partial charge in [0.15, 0.2) is 5.96 Å². The monoisotopic (exact) mass is 529 g/mol. The Bertz CT molecular complexity index is 772. The fourth-order valence-corrected chi connectivity index (χ4v) is 3.87. The summed E-state index contributed by atoms with van der Waals surface area (Å²) >= 11 is 1.75. The summed E-state index contributed by atoms with van der Waals surface area (Å²) in [6.07, 6.45) is 4.73. The zero-order chi connectivity index (χ0) is 19.8. The van der Waals surface area contributed by atoms with E-state index < -0.39 is 0 Å². The summed E-state index contributed by atoms with van der Waals surface area (Å²) in [5.41, 5.74) is 1.18. The van der Waals surface area contributed by atoms with Gasteiger partial charge < -0.3 is 20.4 Å². The normalized spacial score (nSPS) is 15.1. The van der Waals surface area contributed by atoms with Gasteiger partial charge in [-0.2, -0.15) is 0 Å². The molecular formula is C20H32IN7S. The van der Waals surface area contributed by atoms with Crippen molar-refractivity contribution in [3.8, 4) is 0 Å². The average molecular weight is 529 g/mol.